The first-order valence-corrected chi connectivity index (χ1v) is 7.37. The predicted molar refractivity (Wildman–Crippen MR) is 74.2 cm³/mol. The van der Waals surface area contributed by atoms with Crippen molar-refractivity contribution in [2.45, 2.75) is 77.6 Å². The highest BCUT2D eigenvalue weighted by atomic mass is 14.9. The molecule has 1 unspecified atom stereocenters. The van der Waals surface area contributed by atoms with E-state index in [4.69, 9.17) is 0 Å². The van der Waals surface area contributed by atoms with Gasteiger partial charge in [-0.25, -0.2) is 4.98 Å². The summed E-state index contributed by atoms with van der Waals surface area (Å²) in [4.78, 5) is 7.73. The maximum absolute atomic E-state index is 4.44. The molecule has 1 aromatic heterocycles. The zero-order valence-electron chi connectivity index (χ0n) is 11.5. The van der Waals surface area contributed by atoms with Crippen molar-refractivity contribution < 1.29 is 0 Å². The van der Waals surface area contributed by atoms with Gasteiger partial charge in [-0.05, 0) is 12.8 Å². The van der Waals surface area contributed by atoms with Gasteiger partial charge in [0.1, 0.15) is 5.82 Å². The van der Waals surface area contributed by atoms with Crippen LogP contribution in [0.3, 0.4) is 0 Å². The first-order valence-electron chi connectivity index (χ1n) is 7.37. The molecule has 0 amide bonds. The Balaban J connectivity index is 2.31. The summed E-state index contributed by atoms with van der Waals surface area (Å²) in [5, 5.41) is 0. The van der Waals surface area contributed by atoms with E-state index < -0.39 is 0 Å². The summed E-state index contributed by atoms with van der Waals surface area (Å²) >= 11 is 0. The molecule has 0 aliphatic rings. The molecule has 1 rings (SSSR count). The monoisotopic (exact) mass is 236 g/mol. The molecule has 1 N–H and O–H groups in total. The van der Waals surface area contributed by atoms with Gasteiger partial charge in [0.15, 0.2) is 0 Å². The van der Waals surface area contributed by atoms with Gasteiger partial charge in [-0.1, -0.05) is 58.8 Å². The molecule has 0 bridgehead atoms. The molecule has 98 valence electrons. The number of imidazole rings is 1. The third kappa shape index (κ3) is 5.90. The molecule has 0 saturated carbocycles. The van der Waals surface area contributed by atoms with E-state index in [1.54, 1.807) is 0 Å². The summed E-state index contributed by atoms with van der Waals surface area (Å²) < 4.78 is 0. The number of H-pyrrole nitrogens is 1. The van der Waals surface area contributed by atoms with Crippen LogP contribution < -0.4 is 0 Å². The van der Waals surface area contributed by atoms with Gasteiger partial charge < -0.3 is 4.98 Å². The summed E-state index contributed by atoms with van der Waals surface area (Å²) in [6, 6.07) is 0. The normalized spacial score (nSPS) is 12.8. The quantitative estimate of drug-likeness (QED) is 0.566. The molecule has 2 nitrogen and oxygen atoms in total. The lowest BCUT2D eigenvalue weighted by Gasteiger charge is -2.14. The van der Waals surface area contributed by atoms with Crippen molar-refractivity contribution in [3.05, 3.63) is 18.2 Å². The van der Waals surface area contributed by atoms with Crippen LogP contribution in [-0.4, -0.2) is 9.97 Å². The Morgan fingerprint density at radius 1 is 1.00 bits per heavy atom. The lowest BCUT2D eigenvalue weighted by molar-refractivity contribution is 0.486. The van der Waals surface area contributed by atoms with Gasteiger partial charge >= 0.3 is 0 Å². The number of hydrogen-bond donors (Lipinski definition) is 1. The topological polar surface area (TPSA) is 28.7 Å². The second-order valence-electron chi connectivity index (χ2n) is 5.02. The number of aromatic nitrogens is 2. The van der Waals surface area contributed by atoms with Gasteiger partial charge in [0.2, 0.25) is 0 Å². The highest BCUT2D eigenvalue weighted by molar-refractivity contribution is 4.96. The van der Waals surface area contributed by atoms with E-state index in [-0.39, 0.29) is 0 Å². The van der Waals surface area contributed by atoms with E-state index in [0.717, 1.165) is 0 Å². The van der Waals surface area contributed by atoms with Crippen molar-refractivity contribution in [3.8, 4) is 0 Å². The van der Waals surface area contributed by atoms with Crippen LogP contribution >= 0.6 is 0 Å². The van der Waals surface area contributed by atoms with Crippen molar-refractivity contribution in [1.29, 1.82) is 0 Å². The number of nitrogens with zero attached hydrogens (tertiary/aromatic N) is 1. The third-order valence-corrected chi connectivity index (χ3v) is 3.47. The van der Waals surface area contributed by atoms with Crippen LogP contribution in [0.15, 0.2) is 12.4 Å². The molecule has 1 atom stereocenters. The fourth-order valence-electron chi connectivity index (χ4n) is 2.38. The number of hydrogen-bond acceptors (Lipinski definition) is 1. The van der Waals surface area contributed by atoms with Crippen molar-refractivity contribution in [2.24, 2.45) is 0 Å². The predicted octanol–water partition coefficient (Wildman–Crippen LogP) is 5.04. The van der Waals surface area contributed by atoms with Gasteiger partial charge in [0.25, 0.3) is 0 Å². The van der Waals surface area contributed by atoms with Gasteiger partial charge in [-0.3, -0.25) is 0 Å². The molecule has 0 radical (unpaired) electrons. The van der Waals surface area contributed by atoms with Crippen molar-refractivity contribution in [3.63, 3.8) is 0 Å². The lowest BCUT2D eigenvalue weighted by Crippen LogP contribution is -2.02. The third-order valence-electron chi connectivity index (χ3n) is 3.47. The molecule has 1 aromatic rings. The Labute approximate surface area is 106 Å². The molecule has 0 spiro atoms. The standard InChI is InChI=1S/C15H28N2/c1-3-5-7-9-11-14(10-8-6-4-2)15-16-12-13-17-15/h12-14H,3-11H2,1-2H3,(H,16,17). The summed E-state index contributed by atoms with van der Waals surface area (Å²) in [6.45, 7) is 4.54. The highest BCUT2D eigenvalue weighted by Gasteiger charge is 2.12. The molecule has 1 heterocycles. The zero-order chi connectivity index (χ0) is 12.3. The van der Waals surface area contributed by atoms with E-state index in [0.29, 0.717) is 5.92 Å². The van der Waals surface area contributed by atoms with Crippen LogP contribution in [0.5, 0.6) is 0 Å². The molecule has 0 aromatic carbocycles. The molecule has 17 heavy (non-hydrogen) atoms. The molecular formula is C15H28N2. The van der Waals surface area contributed by atoms with Gasteiger partial charge in [-0.2, -0.15) is 0 Å². The van der Waals surface area contributed by atoms with Crippen molar-refractivity contribution in [2.75, 3.05) is 0 Å². The first-order chi connectivity index (χ1) is 8.38. The minimum atomic E-state index is 0.661. The van der Waals surface area contributed by atoms with Crippen LogP contribution in [-0.2, 0) is 0 Å². The second-order valence-corrected chi connectivity index (χ2v) is 5.02. The Morgan fingerprint density at radius 3 is 2.24 bits per heavy atom. The molecule has 0 aliphatic heterocycles. The minimum absolute atomic E-state index is 0.661. The van der Waals surface area contributed by atoms with E-state index in [1.165, 1.54) is 63.6 Å². The summed E-state index contributed by atoms with van der Waals surface area (Å²) in [5.74, 6) is 1.87. The number of aromatic amines is 1. The lowest BCUT2D eigenvalue weighted by atomic mass is 9.94. The van der Waals surface area contributed by atoms with Crippen LogP contribution in [0.1, 0.15) is 83.4 Å². The van der Waals surface area contributed by atoms with Crippen molar-refractivity contribution in [1.82, 2.24) is 9.97 Å². The van der Waals surface area contributed by atoms with Crippen molar-refractivity contribution >= 4 is 0 Å². The number of unbranched alkanes of at least 4 members (excludes halogenated alkanes) is 5. The highest BCUT2D eigenvalue weighted by Crippen LogP contribution is 2.25. The number of nitrogens with one attached hydrogen (secondary N) is 1. The van der Waals surface area contributed by atoms with Crippen LogP contribution in [0.2, 0.25) is 0 Å². The minimum Gasteiger partial charge on any atom is -0.348 e. The Bertz CT molecular complexity index is 254. The van der Waals surface area contributed by atoms with Crippen LogP contribution in [0, 0.1) is 0 Å². The fourth-order valence-corrected chi connectivity index (χ4v) is 2.38. The van der Waals surface area contributed by atoms with E-state index in [2.05, 4.69) is 23.8 Å². The fraction of sp³-hybridized carbons (Fsp3) is 0.800. The van der Waals surface area contributed by atoms with E-state index in [1.807, 2.05) is 12.4 Å². The van der Waals surface area contributed by atoms with Gasteiger partial charge in [0.05, 0.1) is 0 Å². The Hall–Kier alpha value is -0.790. The maximum Gasteiger partial charge on any atom is 0.109 e. The average molecular weight is 236 g/mol. The Kier molecular flexibility index (Phi) is 7.78. The van der Waals surface area contributed by atoms with Crippen LogP contribution in [0.25, 0.3) is 0 Å². The summed E-state index contributed by atoms with van der Waals surface area (Å²) in [7, 11) is 0. The van der Waals surface area contributed by atoms with Gasteiger partial charge in [0, 0.05) is 18.3 Å². The smallest absolute Gasteiger partial charge is 0.109 e. The summed E-state index contributed by atoms with van der Waals surface area (Å²) in [6.07, 6.45) is 15.9. The second kappa shape index (κ2) is 9.26. The summed E-state index contributed by atoms with van der Waals surface area (Å²) in [5.41, 5.74) is 0. The Morgan fingerprint density at radius 2 is 1.65 bits per heavy atom. The van der Waals surface area contributed by atoms with Crippen LogP contribution in [0.4, 0.5) is 0 Å². The maximum atomic E-state index is 4.44. The van der Waals surface area contributed by atoms with E-state index >= 15 is 0 Å². The molecule has 0 saturated heterocycles. The molecule has 0 fully saturated rings. The molecular weight excluding hydrogens is 208 g/mol. The number of rotatable bonds is 10. The van der Waals surface area contributed by atoms with E-state index in [9.17, 15) is 0 Å². The first kappa shape index (κ1) is 14.3. The molecule has 2 heteroatoms. The molecule has 0 aliphatic carbocycles. The zero-order valence-corrected chi connectivity index (χ0v) is 11.5. The average Bonchev–Trinajstić information content (AvgIpc) is 2.86. The van der Waals surface area contributed by atoms with Gasteiger partial charge in [-0.15, -0.1) is 0 Å². The largest absolute Gasteiger partial charge is 0.348 e. The SMILES string of the molecule is CCCCCCC(CCCCC)c1ncc[nH]1.